The zero-order valence-electron chi connectivity index (χ0n) is 33.9. The van der Waals surface area contributed by atoms with Gasteiger partial charge in [0.1, 0.15) is 29.5 Å². The second kappa shape index (κ2) is 15.3. The summed E-state index contributed by atoms with van der Waals surface area (Å²) in [5, 5.41) is 15.3. The largest absolute Gasteiger partial charge is 0.491 e. The molecule has 4 saturated carbocycles. The van der Waals surface area contributed by atoms with Crippen molar-refractivity contribution >= 4 is 44.6 Å². The van der Waals surface area contributed by atoms with Crippen molar-refractivity contribution in [2.24, 2.45) is 29.6 Å². The van der Waals surface area contributed by atoms with E-state index in [-0.39, 0.29) is 37.3 Å². The van der Waals surface area contributed by atoms with Crippen molar-refractivity contribution in [1.29, 1.82) is 0 Å². The van der Waals surface area contributed by atoms with Crippen LogP contribution in [0.25, 0.3) is 10.8 Å². The average molecular weight is 820 g/mol. The van der Waals surface area contributed by atoms with Gasteiger partial charge in [-0.25, -0.2) is 18.2 Å². The second-order valence-corrected chi connectivity index (χ2v) is 20.5. The molecule has 15 heteroatoms. The molecule has 10 atom stereocenters. The Morgan fingerprint density at radius 2 is 1.79 bits per heavy atom. The molecule has 1 aromatic carbocycles. The molecule has 0 radical (unpaired) electrons. The number of sulfonamides is 1. The first kappa shape index (κ1) is 40.4. The van der Waals surface area contributed by atoms with Crippen LogP contribution in [0.15, 0.2) is 42.6 Å². The van der Waals surface area contributed by atoms with Crippen molar-refractivity contribution in [2.75, 3.05) is 13.2 Å². The normalized spacial score (nSPS) is 34.6. The topological polar surface area (TPSA) is 185 Å². The van der Waals surface area contributed by atoms with Crippen molar-refractivity contribution in [3.05, 3.63) is 42.6 Å². The smallest absolute Gasteiger partial charge is 0.408 e. The maximum atomic E-state index is 15.3. The molecule has 4 aliphatic carbocycles. The number of rotatable bonds is 10. The highest BCUT2D eigenvalue weighted by Gasteiger charge is 2.63. The van der Waals surface area contributed by atoms with E-state index < -0.39 is 68.2 Å². The molecule has 2 aliphatic heterocycles. The SMILES string of the molecule is CCCOc1cnc(O[C@@H]2C[C@H]3C(=O)N[C@]4(C(=O)NS(=O)(=O)C5(C)CC5)C[C@H]4/C=C\CC[C@H](C)C[C@@H](C)[C@H](N(C(=O)O)[C@H]4CC5C[C@H]5C4)C(=O)N3C2)c2ccccc12. The number of hydrogen-bond donors (Lipinski definition) is 3. The second-order valence-electron chi connectivity index (χ2n) is 18.3. The van der Waals surface area contributed by atoms with Crippen LogP contribution in [0.3, 0.4) is 0 Å². The van der Waals surface area contributed by atoms with Gasteiger partial charge in [0.25, 0.3) is 5.91 Å². The fraction of sp³-hybridized carbons (Fsp3) is 0.651. The highest BCUT2D eigenvalue weighted by atomic mass is 32.2. The van der Waals surface area contributed by atoms with Crippen LogP contribution in [-0.4, -0.2) is 99.8 Å². The van der Waals surface area contributed by atoms with Gasteiger partial charge >= 0.3 is 6.09 Å². The fourth-order valence-corrected chi connectivity index (χ4v) is 11.2. The molecule has 8 rings (SSSR count). The third kappa shape index (κ3) is 7.63. The molecular formula is C43H57N5O9S. The van der Waals surface area contributed by atoms with E-state index in [0.717, 1.165) is 24.6 Å². The molecule has 1 aromatic heterocycles. The van der Waals surface area contributed by atoms with E-state index in [1.54, 1.807) is 13.1 Å². The number of benzene rings is 1. The van der Waals surface area contributed by atoms with Crippen molar-refractivity contribution in [3.8, 4) is 11.6 Å². The summed E-state index contributed by atoms with van der Waals surface area (Å²) in [5.74, 6) is -0.733. The predicted molar refractivity (Wildman–Crippen MR) is 215 cm³/mol. The van der Waals surface area contributed by atoms with E-state index in [4.69, 9.17) is 9.47 Å². The Morgan fingerprint density at radius 3 is 2.48 bits per heavy atom. The fourth-order valence-electron chi connectivity index (χ4n) is 9.90. The lowest BCUT2D eigenvalue weighted by Gasteiger charge is -2.40. The first-order chi connectivity index (χ1) is 27.6. The number of allylic oxidation sites excluding steroid dienone is 1. The summed E-state index contributed by atoms with van der Waals surface area (Å²) in [7, 11) is -4.01. The third-order valence-corrected chi connectivity index (χ3v) is 16.0. The van der Waals surface area contributed by atoms with Gasteiger partial charge in [0, 0.05) is 29.2 Å². The number of hydrogen-bond acceptors (Lipinski definition) is 9. The molecule has 1 saturated heterocycles. The minimum Gasteiger partial charge on any atom is -0.491 e. The summed E-state index contributed by atoms with van der Waals surface area (Å²) in [4.78, 5) is 64.7. The maximum Gasteiger partial charge on any atom is 0.408 e. The van der Waals surface area contributed by atoms with Gasteiger partial charge < -0.3 is 24.8 Å². The predicted octanol–water partition coefficient (Wildman–Crippen LogP) is 5.40. The van der Waals surface area contributed by atoms with Gasteiger partial charge in [-0.05, 0) is 101 Å². The van der Waals surface area contributed by atoms with Gasteiger partial charge in [-0.2, -0.15) is 0 Å². The molecule has 0 spiro atoms. The van der Waals surface area contributed by atoms with Gasteiger partial charge in [-0.1, -0.05) is 51.1 Å². The first-order valence-corrected chi connectivity index (χ1v) is 22.7. The van der Waals surface area contributed by atoms with Crippen LogP contribution in [0.2, 0.25) is 0 Å². The van der Waals surface area contributed by atoms with Gasteiger partial charge in [-0.15, -0.1) is 0 Å². The highest BCUT2D eigenvalue weighted by Crippen LogP contribution is 2.54. The van der Waals surface area contributed by atoms with Crippen molar-refractivity contribution < 1.29 is 42.2 Å². The van der Waals surface area contributed by atoms with Gasteiger partial charge in [-0.3, -0.25) is 24.0 Å². The zero-order valence-corrected chi connectivity index (χ0v) is 34.7. The summed E-state index contributed by atoms with van der Waals surface area (Å²) in [6, 6.07) is 5.04. The molecule has 5 fully saturated rings. The number of fused-ring (bicyclic) bond motifs is 4. The molecule has 6 aliphatic rings. The maximum absolute atomic E-state index is 15.3. The number of carboxylic acid groups (broad SMARTS) is 1. The van der Waals surface area contributed by atoms with Gasteiger partial charge in [0.2, 0.25) is 27.7 Å². The third-order valence-electron chi connectivity index (χ3n) is 13.8. The molecule has 3 N–H and O–H groups in total. The number of carbonyl (C=O) groups is 4. The van der Waals surface area contributed by atoms with E-state index in [0.29, 0.717) is 74.0 Å². The summed E-state index contributed by atoms with van der Waals surface area (Å²) in [5.41, 5.74) is -1.54. The molecule has 4 amide bonds. The summed E-state index contributed by atoms with van der Waals surface area (Å²) in [6.45, 7) is 8.13. The quantitative estimate of drug-likeness (QED) is 0.262. The molecule has 58 heavy (non-hydrogen) atoms. The Balaban J connectivity index is 1.15. The Morgan fingerprint density at radius 1 is 1.07 bits per heavy atom. The molecule has 2 aromatic rings. The van der Waals surface area contributed by atoms with Gasteiger partial charge in [0.05, 0.1) is 24.1 Å². The van der Waals surface area contributed by atoms with Crippen LogP contribution in [0.4, 0.5) is 4.79 Å². The van der Waals surface area contributed by atoms with Crippen LogP contribution in [0.5, 0.6) is 11.6 Å². The molecule has 0 bridgehead atoms. The van der Waals surface area contributed by atoms with Crippen molar-refractivity contribution in [2.45, 2.75) is 133 Å². The van der Waals surface area contributed by atoms with Crippen molar-refractivity contribution in [1.82, 2.24) is 24.8 Å². The molecule has 1 unspecified atom stereocenters. The Labute approximate surface area is 340 Å². The Bertz CT molecular complexity index is 2100. The number of amides is 4. The van der Waals surface area contributed by atoms with Crippen LogP contribution in [0.1, 0.15) is 98.3 Å². The molecule has 3 heterocycles. The van der Waals surface area contributed by atoms with E-state index in [1.807, 2.05) is 50.3 Å². The molecule has 314 valence electrons. The standard InChI is InChI=1S/C43H57N5O9S/c1-5-16-56-35-23-44-38(33-13-9-8-12-32(33)35)57-31-21-34-37(49)45-43(40(51)46-58(54,55)42(4)14-15-42)22-29(43)11-7-6-10-25(2)17-26(3)36(39(50)47(34)24-31)48(41(52)53)30-19-27-18-28(27)20-30/h7-9,11-13,23,25-31,34,36H,5-6,10,14-22,24H2,1-4H3,(H,45,49)(H,46,51)(H,52,53)/b11-7-/t25-,26+,27-,28?,29+,30+,31+,34-,36-,43+/m0/s1. The summed E-state index contributed by atoms with van der Waals surface area (Å²) >= 11 is 0. The number of aromatic nitrogens is 1. The number of ether oxygens (including phenoxy) is 2. The Kier molecular flexibility index (Phi) is 10.7. The number of nitrogens with one attached hydrogen (secondary N) is 2. The van der Waals surface area contributed by atoms with E-state index in [9.17, 15) is 27.9 Å². The average Bonchev–Trinajstić information content (AvgIpc) is 4.14. The minimum absolute atomic E-state index is 0.0293. The van der Waals surface area contributed by atoms with E-state index in [2.05, 4.69) is 21.9 Å². The highest BCUT2D eigenvalue weighted by molar-refractivity contribution is 7.91. The lowest BCUT2D eigenvalue weighted by atomic mass is 9.86. The zero-order chi connectivity index (χ0) is 41.1. The molecular weight excluding hydrogens is 763 g/mol. The van der Waals surface area contributed by atoms with Crippen molar-refractivity contribution in [3.63, 3.8) is 0 Å². The summed E-state index contributed by atoms with van der Waals surface area (Å²) < 4.78 is 40.3. The van der Waals surface area contributed by atoms with E-state index >= 15 is 4.79 Å². The van der Waals surface area contributed by atoms with Crippen LogP contribution >= 0.6 is 0 Å². The first-order valence-electron chi connectivity index (χ1n) is 21.2. The molecule has 14 nitrogen and oxygen atoms in total. The van der Waals surface area contributed by atoms with Gasteiger partial charge in [0.15, 0.2) is 0 Å². The van der Waals surface area contributed by atoms with Crippen LogP contribution in [0, 0.1) is 29.6 Å². The minimum atomic E-state index is -4.01. The van der Waals surface area contributed by atoms with Crippen LogP contribution < -0.4 is 19.5 Å². The monoisotopic (exact) mass is 819 g/mol. The van der Waals surface area contributed by atoms with E-state index in [1.165, 1.54) is 9.80 Å². The lowest BCUT2D eigenvalue weighted by molar-refractivity contribution is -0.145. The van der Waals surface area contributed by atoms with Crippen LogP contribution in [-0.2, 0) is 24.4 Å². The summed E-state index contributed by atoms with van der Waals surface area (Å²) in [6.07, 6.45) is 10.0. The number of pyridine rings is 1. The lowest BCUT2D eigenvalue weighted by Crippen LogP contribution is -2.61. The Hall–Kier alpha value is -4.40. The number of nitrogens with zero attached hydrogens (tertiary/aromatic N) is 3. The number of carbonyl (C=O) groups excluding carboxylic acids is 3.